The van der Waals surface area contributed by atoms with Crippen LogP contribution in [0.15, 0.2) is 33.9 Å². The molecular formula is C24H29N3O4. The maximum atomic E-state index is 12.6. The molecule has 1 aliphatic carbocycles. The lowest BCUT2D eigenvalue weighted by Gasteiger charge is -2.29. The molecule has 0 aromatic heterocycles. The van der Waals surface area contributed by atoms with Crippen LogP contribution < -0.4 is 26.4 Å². The highest BCUT2D eigenvalue weighted by molar-refractivity contribution is 5.96. The maximum Gasteiger partial charge on any atom is 0.253 e. The van der Waals surface area contributed by atoms with E-state index < -0.39 is 5.43 Å². The van der Waals surface area contributed by atoms with Crippen LogP contribution in [-0.2, 0) is 4.79 Å². The topological polar surface area (TPSA) is 95.6 Å². The number of ketones is 1. The van der Waals surface area contributed by atoms with Crippen molar-refractivity contribution in [2.24, 2.45) is 11.8 Å². The van der Waals surface area contributed by atoms with E-state index >= 15 is 0 Å². The summed E-state index contributed by atoms with van der Waals surface area (Å²) in [5.41, 5.74) is 1.63. The molecule has 2 aliphatic rings. The van der Waals surface area contributed by atoms with E-state index in [1.807, 2.05) is 4.90 Å². The zero-order chi connectivity index (χ0) is 22.0. The fourth-order valence-electron chi connectivity index (χ4n) is 4.69. The maximum absolute atomic E-state index is 12.6. The van der Waals surface area contributed by atoms with Gasteiger partial charge in [-0.3, -0.25) is 19.2 Å². The van der Waals surface area contributed by atoms with Gasteiger partial charge in [-0.2, -0.15) is 0 Å². The smallest absolute Gasteiger partial charge is 0.253 e. The molecule has 31 heavy (non-hydrogen) atoms. The van der Waals surface area contributed by atoms with Gasteiger partial charge >= 0.3 is 0 Å². The van der Waals surface area contributed by atoms with Crippen LogP contribution in [0.4, 0.5) is 17.1 Å². The van der Waals surface area contributed by atoms with E-state index in [9.17, 15) is 19.2 Å². The lowest BCUT2D eigenvalue weighted by molar-refractivity contribution is -0.121. The van der Waals surface area contributed by atoms with Gasteiger partial charge in [-0.05, 0) is 75.6 Å². The Kier molecular flexibility index (Phi) is 6.20. The number of amides is 1. The molecule has 1 amide bonds. The van der Waals surface area contributed by atoms with E-state index in [1.54, 1.807) is 24.3 Å². The Balaban J connectivity index is 1.25. The minimum Gasteiger partial charge on any atom is -0.380 e. The molecule has 1 aliphatic heterocycles. The second-order valence-corrected chi connectivity index (χ2v) is 8.80. The largest absolute Gasteiger partial charge is 0.380 e. The highest BCUT2D eigenvalue weighted by Crippen LogP contribution is 2.31. The quantitative estimate of drug-likeness (QED) is 0.525. The lowest BCUT2D eigenvalue weighted by atomic mass is 9.81. The Hall–Kier alpha value is -2.96. The van der Waals surface area contributed by atoms with Gasteiger partial charge in [-0.15, -0.1) is 0 Å². The number of anilines is 3. The van der Waals surface area contributed by atoms with E-state index in [-0.39, 0.29) is 23.0 Å². The first kappa shape index (κ1) is 21.3. The predicted molar refractivity (Wildman–Crippen MR) is 122 cm³/mol. The molecule has 7 heteroatoms. The average molecular weight is 424 g/mol. The number of carbonyl (C=O) groups excluding carboxylic acids is 2. The van der Waals surface area contributed by atoms with Crippen LogP contribution >= 0.6 is 0 Å². The lowest BCUT2D eigenvalue weighted by Crippen LogP contribution is -2.42. The second-order valence-electron chi connectivity index (χ2n) is 8.80. The van der Waals surface area contributed by atoms with Crippen molar-refractivity contribution < 1.29 is 9.59 Å². The number of Topliss-reactive ketones (excluding diaryl/α,β-unsaturated/α-hetero) is 1. The van der Waals surface area contributed by atoms with Crippen LogP contribution in [0.1, 0.15) is 55.8 Å². The van der Waals surface area contributed by atoms with Gasteiger partial charge in [0.25, 0.3) is 10.9 Å². The Morgan fingerprint density at radius 1 is 0.968 bits per heavy atom. The number of hydrogen-bond donors (Lipinski definition) is 2. The zero-order valence-corrected chi connectivity index (χ0v) is 17.9. The zero-order valence-electron chi connectivity index (χ0n) is 17.9. The SMILES string of the molecule is CC(=O)c1ccc(NC(=O)C2CCC(CNc3c(N4CCCC4)c(=O)c3=O)CC2)cc1. The second kappa shape index (κ2) is 9.04. The average Bonchev–Trinajstić information content (AvgIpc) is 3.30. The summed E-state index contributed by atoms with van der Waals surface area (Å²) < 4.78 is 0. The molecule has 0 bridgehead atoms. The molecule has 164 valence electrons. The molecular weight excluding hydrogens is 394 g/mol. The van der Waals surface area contributed by atoms with Crippen LogP contribution in [0.2, 0.25) is 0 Å². The fraction of sp³-hybridized carbons (Fsp3) is 0.500. The summed E-state index contributed by atoms with van der Waals surface area (Å²) in [4.78, 5) is 50.0. The van der Waals surface area contributed by atoms with Crippen LogP contribution in [0.3, 0.4) is 0 Å². The summed E-state index contributed by atoms with van der Waals surface area (Å²) in [6.07, 6.45) is 5.53. The third kappa shape index (κ3) is 4.55. The van der Waals surface area contributed by atoms with Gasteiger partial charge in [0.1, 0.15) is 11.4 Å². The van der Waals surface area contributed by atoms with E-state index in [0.29, 0.717) is 35.1 Å². The minimum atomic E-state index is -0.397. The predicted octanol–water partition coefficient (Wildman–Crippen LogP) is 2.94. The van der Waals surface area contributed by atoms with Crippen LogP contribution in [-0.4, -0.2) is 31.3 Å². The molecule has 2 aromatic rings. The Morgan fingerprint density at radius 2 is 1.61 bits per heavy atom. The number of benzene rings is 1. The number of rotatable bonds is 7. The molecule has 0 radical (unpaired) electrons. The summed E-state index contributed by atoms with van der Waals surface area (Å²) in [5.74, 6) is 0.367. The molecule has 2 N–H and O–H groups in total. The first-order valence-corrected chi connectivity index (χ1v) is 11.2. The van der Waals surface area contributed by atoms with Crippen molar-refractivity contribution in [3.8, 4) is 0 Å². The summed E-state index contributed by atoms with van der Waals surface area (Å²) in [6, 6.07) is 6.95. The van der Waals surface area contributed by atoms with E-state index in [4.69, 9.17) is 0 Å². The van der Waals surface area contributed by atoms with Gasteiger partial charge in [0.05, 0.1) is 0 Å². The molecule has 1 saturated carbocycles. The molecule has 0 unspecified atom stereocenters. The van der Waals surface area contributed by atoms with Crippen molar-refractivity contribution in [2.45, 2.75) is 45.4 Å². The number of nitrogens with zero attached hydrogens (tertiary/aromatic N) is 1. The normalized spacial score (nSPS) is 21.3. The van der Waals surface area contributed by atoms with Gasteiger partial charge in [-0.25, -0.2) is 0 Å². The Bertz CT molecular complexity index is 1020. The first-order chi connectivity index (χ1) is 14.9. The number of nitrogens with one attached hydrogen (secondary N) is 2. The number of carbonyl (C=O) groups is 2. The van der Waals surface area contributed by atoms with Crippen LogP contribution in [0.25, 0.3) is 0 Å². The third-order valence-electron chi connectivity index (χ3n) is 6.65. The van der Waals surface area contributed by atoms with Crippen molar-refractivity contribution >= 4 is 28.8 Å². The third-order valence-corrected chi connectivity index (χ3v) is 6.65. The Morgan fingerprint density at radius 3 is 2.23 bits per heavy atom. The molecule has 0 atom stereocenters. The van der Waals surface area contributed by atoms with Crippen molar-refractivity contribution in [1.29, 1.82) is 0 Å². The summed E-state index contributed by atoms with van der Waals surface area (Å²) in [6.45, 7) is 3.87. The highest BCUT2D eigenvalue weighted by Gasteiger charge is 2.30. The van der Waals surface area contributed by atoms with Crippen molar-refractivity contribution in [1.82, 2.24) is 0 Å². The van der Waals surface area contributed by atoms with Gasteiger partial charge < -0.3 is 15.5 Å². The minimum absolute atomic E-state index is 0.00101. The number of hydrogen-bond acceptors (Lipinski definition) is 6. The van der Waals surface area contributed by atoms with Gasteiger partial charge in [0, 0.05) is 36.8 Å². The van der Waals surface area contributed by atoms with Crippen molar-refractivity contribution in [2.75, 3.05) is 35.2 Å². The summed E-state index contributed by atoms with van der Waals surface area (Å²) >= 11 is 0. The van der Waals surface area contributed by atoms with Crippen molar-refractivity contribution in [3.63, 3.8) is 0 Å². The molecule has 1 heterocycles. The van der Waals surface area contributed by atoms with Gasteiger partial charge in [0.2, 0.25) is 5.91 Å². The van der Waals surface area contributed by atoms with Crippen LogP contribution in [0, 0.1) is 11.8 Å². The molecule has 1 saturated heterocycles. The fourth-order valence-corrected chi connectivity index (χ4v) is 4.69. The molecule has 2 aromatic carbocycles. The first-order valence-electron chi connectivity index (χ1n) is 11.2. The highest BCUT2D eigenvalue weighted by atomic mass is 16.2. The van der Waals surface area contributed by atoms with Gasteiger partial charge in [-0.1, -0.05) is 0 Å². The van der Waals surface area contributed by atoms with Crippen molar-refractivity contribution in [3.05, 3.63) is 50.3 Å². The van der Waals surface area contributed by atoms with Gasteiger partial charge in [0.15, 0.2) is 5.78 Å². The van der Waals surface area contributed by atoms with E-state index in [0.717, 1.165) is 51.6 Å². The summed E-state index contributed by atoms with van der Waals surface area (Å²) in [5, 5.41) is 6.18. The monoisotopic (exact) mass is 423 g/mol. The molecule has 0 spiro atoms. The van der Waals surface area contributed by atoms with E-state index in [1.165, 1.54) is 6.92 Å². The standard InChI is InChI=1S/C24H29N3O4/c1-15(28)17-8-10-19(11-9-17)26-24(31)18-6-4-16(5-7-18)14-25-20-21(23(30)22(20)29)27-12-2-3-13-27/h8-11,16,18,25H,2-7,12-14H2,1H3,(H,26,31). The summed E-state index contributed by atoms with van der Waals surface area (Å²) in [7, 11) is 0. The van der Waals surface area contributed by atoms with E-state index in [2.05, 4.69) is 10.6 Å². The van der Waals surface area contributed by atoms with Crippen LogP contribution in [0.5, 0.6) is 0 Å². The molecule has 2 fully saturated rings. The molecule has 7 nitrogen and oxygen atoms in total. The molecule has 4 rings (SSSR count). The Labute approximate surface area is 181 Å².